The van der Waals surface area contributed by atoms with Gasteiger partial charge in [-0.3, -0.25) is 4.79 Å². The van der Waals surface area contributed by atoms with Crippen molar-refractivity contribution in [2.24, 2.45) is 5.92 Å². The Bertz CT molecular complexity index is 301. The zero-order valence-electron chi connectivity index (χ0n) is 12.0. The summed E-state index contributed by atoms with van der Waals surface area (Å²) >= 11 is 0. The van der Waals surface area contributed by atoms with Crippen LogP contribution in [-0.4, -0.2) is 41.6 Å². The molecule has 0 heterocycles. The molecule has 0 unspecified atom stereocenters. The number of nitrogens with zero attached hydrogens (tertiary/aromatic N) is 1. The van der Waals surface area contributed by atoms with Gasteiger partial charge in [0.15, 0.2) is 0 Å². The third kappa shape index (κ3) is 6.45. The molecule has 110 valence electrons. The van der Waals surface area contributed by atoms with Crippen molar-refractivity contribution in [1.29, 1.82) is 0 Å². The Balaban J connectivity index is 2.24. The lowest BCUT2D eigenvalue weighted by Crippen LogP contribution is -2.43. The van der Waals surface area contributed by atoms with Crippen molar-refractivity contribution in [3.8, 4) is 0 Å². The van der Waals surface area contributed by atoms with Gasteiger partial charge in [0.2, 0.25) is 0 Å². The number of carbonyl (C=O) groups excluding carboxylic acids is 1. The number of amides is 2. The minimum Gasteiger partial charge on any atom is -0.481 e. The Hall–Kier alpha value is -1.26. The van der Waals surface area contributed by atoms with Gasteiger partial charge in [-0.25, -0.2) is 4.79 Å². The van der Waals surface area contributed by atoms with Crippen LogP contribution in [-0.2, 0) is 4.79 Å². The molecule has 0 saturated heterocycles. The van der Waals surface area contributed by atoms with Gasteiger partial charge in [-0.15, -0.1) is 0 Å². The highest BCUT2D eigenvalue weighted by Crippen LogP contribution is 2.27. The van der Waals surface area contributed by atoms with Gasteiger partial charge in [-0.1, -0.05) is 32.1 Å². The van der Waals surface area contributed by atoms with Crippen molar-refractivity contribution in [2.45, 2.75) is 57.9 Å². The van der Waals surface area contributed by atoms with E-state index in [0.29, 0.717) is 0 Å². The maximum absolute atomic E-state index is 11.8. The van der Waals surface area contributed by atoms with Crippen LogP contribution in [0.3, 0.4) is 0 Å². The van der Waals surface area contributed by atoms with Gasteiger partial charge in [0.1, 0.15) is 0 Å². The van der Waals surface area contributed by atoms with Crippen molar-refractivity contribution in [3.63, 3.8) is 0 Å². The van der Waals surface area contributed by atoms with Gasteiger partial charge in [-0.05, 0) is 19.3 Å². The van der Waals surface area contributed by atoms with Crippen molar-refractivity contribution in [2.75, 3.05) is 13.6 Å². The first-order valence-electron chi connectivity index (χ1n) is 7.22. The molecule has 5 heteroatoms. The number of carboxylic acid groups (broad SMARTS) is 1. The standard InChI is InChI=1S/C14H26N2O3/c1-11(10-12-6-4-3-5-7-12)15-14(19)16(2)9-8-13(17)18/h11-12H,3-10H2,1-2H3,(H,15,19)(H,17,18)/t11-/m1/s1. The minimum atomic E-state index is -0.880. The van der Waals surface area contributed by atoms with E-state index in [-0.39, 0.29) is 25.0 Å². The zero-order chi connectivity index (χ0) is 14.3. The number of hydrogen-bond acceptors (Lipinski definition) is 2. The lowest BCUT2D eigenvalue weighted by atomic mass is 9.85. The average molecular weight is 270 g/mol. The highest BCUT2D eigenvalue weighted by Gasteiger charge is 2.18. The summed E-state index contributed by atoms with van der Waals surface area (Å²) in [6, 6.07) is -0.0209. The SMILES string of the molecule is C[C@H](CC1CCCCC1)NC(=O)N(C)CCC(=O)O. The molecule has 0 bridgehead atoms. The van der Waals surface area contributed by atoms with Crippen molar-refractivity contribution < 1.29 is 14.7 Å². The molecule has 19 heavy (non-hydrogen) atoms. The van der Waals surface area contributed by atoms with Gasteiger partial charge in [0.05, 0.1) is 6.42 Å². The van der Waals surface area contributed by atoms with E-state index in [1.807, 2.05) is 6.92 Å². The summed E-state index contributed by atoms with van der Waals surface area (Å²) in [5.41, 5.74) is 0. The minimum absolute atomic E-state index is 0.0130. The van der Waals surface area contributed by atoms with Crippen molar-refractivity contribution in [1.82, 2.24) is 10.2 Å². The smallest absolute Gasteiger partial charge is 0.317 e. The van der Waals surface area contributed by atoms with Crippen LogP contribution in [0.1, 0.15) is 51.9 Å². The highest BCUT2D eigenvalue weighted by atomic mass is 16.4. The number of aliphatic carboxylic acids is 1. The second-order valence-corrected chi connectivity index (χ2v) is 5.66. The molecular weight excluding hydrogens is 244 g/mol. The number of rotatable bonds is 6. The normalized spacial score (nSPS) is 17.8. The molecule has 1 aliphatic rings. The van der Waals surface area contributed by atoms with E-state index in [1.54, 1.807) is 7.05 Å². The molecule has 0 radical (unpaired) electrons. The molecule has 1 fully saturated rings. The molecule has 2 amide bonds. The van der Waals surface area contributed by atoms with Crippen molar-refractivity contribution >= 4 is 12.0 Å². The maximum atomic E-state index is 11.8. The predicted octanol–water partition coefficient (Wildman–Crippen LogP) is 2.46. The Morgan fingerprint density at radius 3 is 2.53 bits per heavy atom. The Morgan fingerprint density at radius 1 is 1.32 bits per heavy atom. The maximum Gasteiger partial charge on any atom is 0.317 e. The fraction of sp³-hybridized carbons (Fsp3) is 0.857. The summed E-state index contributed by atoms with van der Waals surface area (Å²) in [6.45, 7) is 2.27. The summed E-state index contributed by atoms with van der Waals surface area (Å²) in [5.74, 6) is -0.150. The average Bonchev–Trinajstić information content (AvgIpc) is 2.36. The van der Waals surface area contributed by atoms with Gasteiger partial charge >= 0.3 is 12.0 Å². The first-order valence-corrected chi connectivity index (χ1v) is 7.22. The van der Waals surface area contributed by atoms with Crippen LogP contribution in [0.2, 0.25) is 0 Å². The second-order valence-electron chi connectivity index (χ2n) is 5.66. The van der Waals surface area contributed by atoms with E-state index >= 15 is 0 Å². The van der Waals surface area contributed by atoms with Crippen LogP contribution >= 0.6 is 0 Å². The molecule has 1 aliphatic carbocycles. The number of hydrogen-bond donors (Lipinski definition) is 2. The third-order valence-electron chi connectivity index (χ3n) is 3.79. The highest BCUT2D eigenvalue weighted by molar-refractivity contribution is 5.75. The van der Waals surface area contributed by atoms with Crippen LogP contribution < -0.4 is 5.32 Å². The molecule has 1 rings (SSSR count). The molecule has 0 aliphatic heterocycles. The van der Waals surface area contributed by atoms with E-state index in [9.17, 15) is 9.59 Å². The molecule has 0 aromatic carbocycles. The first-order chi connectivity index (χ1) is 8.99. The number of carboxylic acids is 1. The van der Waals surface area contributed by atoms with Gasteiger partial charge < -0.3 is 15.3 Å². The fourth-order valence-corrected chi connectivity index (χ4v) is 2.67. The number of nitrogens with one attached hydrogen (secondary N) is 1. The zero-order valence-corrected chi connectivity index (χ0v) is 12.0. The van der Waals surface area contributed by atoms with Crippen LogP contribution in [0, 0.1) is 5.92 Å². The van der Waals surface area contributed by atoms with E-state index in [1.165, 1.54) is 37.0 Å². The van der Waals surface area contributed by atoms with Crippen molar-refractivity contribution in [3.05, 3.63) is 0 Å². The summed E-state index contributed by atoms with van der Waals surface area (Å²) in [5, 5.41) is 11.5. The number of urea groups is 1. The van der Waals surface area contributed by atoms with Gasteiger partial charge in [0, 0.05) is 19.6 Å². The Labute approximate surface area is 115 Å². The molecule has 2 N–H and O–H groups in total. The van der Waals surface area contributed by atoms with E-state index in [0.717, 1.165) is 12.3 Å². The summed E-state index contributed by atoms with van der Waals surface area (Å²) in [6.07, 6.45) is 7.52. The summed E-state index contributed by atoms with van der Waals surface area (Å²) in [7, 11) is 1.63. The monoisotopic (exact) mass is 270 g/mol. The molecule has 0 spiro atoms. The Morgan fingerprint density at radius 2 is 1.95 bits per heavy atom. The van der Waals surface area contributed by atoms with Gasteiger partial charge in [-0.2, -0.15) is 0 Å². The van der Waals surface area contributed by atoms with Gasteiger partial charge in [0.25, 0.3) is 0 Å². The quantitative estimate of drug-likeness (QED) is 0.779. The molecule has 1 saturated carbocycles. The fourth-order valence-electron chi connectivity index (χ4n) is 2.67. The summed E-state index contributed by atoms with van der Waals surface area (Å²) in [4.78, 5) is 23.7. The topological polar surface area (TPSA) is 69.6 Å². The number of carbonyl (C=O) groups is 2. The van der Waals surface area contributed by atoms with Crippen LogP contribution in [0.15, 0.2) is 0 Å². The van der Waals surface area contributed by atoms with Crippen LogP contribution in [0.4, 0.5) is 4.79 Å². The van der Waals surface area contributed by atoms with E-state index < -0.39 is 5.97 Å². The van der Waals surface area contributed by atoms with E-state index in [4.69, 9.17) is 5.11 Å². The molecule has 0 aromatic heterocycles. The Kier molecular flexibility index (Phi) is 6.67. The lowest BCUT2D eigenvalue weighted by Gasteiger charge is -2.26. The lowest BCUT2D eigenvalue weighted by molar-refractivity contribution is -0.137. The molecule has 0 aromatic rings. The third-order valence-corrected chi connectivity index (χ3v) is 3.79. The predicted molar refractivity (Wildman–Crippen MR) is 74.1 cm³/mol. The second kappa shape index (κ2) is 8.02. The van der Waals surface area contributed by atoms with Crippen LogP contribution in [0.5, 0.6) is 0 Å². The van der Waals surface area contributed by atoms with Crippen LogP contribution in [0.25, 0.3) is 0 Å². The van der Waals surface area contributed by atoms with E-state index in [2.05, 4.69) is 5.32 Å². The molecular formula is C14H26N2O3. The molecule has 5 nitrogen and oxygen atoms in total. The molecule has 1 atom stereocenters. The first kappa shape index (κ1) is 15.8. The summed E-state index contributed by atoms with van der Waals surface area (Å²) < 4.78 is 0. The largest absolute Gasteiger partial charge is 0.481 e.